The fourth-order valence-corrected chi connectivity index (χ4v) is 2.48. The van der Waals surface area contributed by atoms with Crippen molar-refractivity contribution in [3.05, 3.63) is 48.0 Å². The molecule has 8 heteroatoms. The van der Waals surface area contributed by atoms with E-state index in [9.17, 15) is 4.79 Å². The Hall–Kier alpha value is -3.55. The zero-order valence-electron chi connectivity index (χ0n) is 16.1. The normalized spacial score (nSPS) is 10.6. The van der Waals surface area contributed by atoms with Crippen LogP contribution in [0.25, 0.3) is 11.5 Å². The molecule has 0 saturated heterocycles. The summed E-state index contributed by atoms with van der Waals surface area (Å²) in [5.74, 6) is 1.70. The van der Waals surface area contributed by atoms with E-state index >= 15 is 0 Å². The largest absolute Gasteiger partial charge is 0.497 e. The zero-order chi connectivity index (χ0) is 20.1. The Morgan fingerprint density at radius 3 is 2.36 bits per heavy atom. The fraction of sp³-hybridized carbons (Fsp3) is 0.250. The summed E-state index contributed by atoms with van der Waals surface area (Å²) in [7, 11) is 3.10. The van der Waals surface area contributed by atoms with Crippen molar-refractivity contribution in [1.29, 1.82) is 0 Å². The van der Waals surface area contributed by atoms with Crippen LogP contribution in [0.1, 0.15) is 24.2 Å². The molecule has 0 aliphatic rings. The van der Waals surface area contributed by atoms with Gasteiger partial charge in [-0.2, -0.15) is 0 Å². The molecule has 1 aromatic heterocycles. The van der Waals surface area contributed by atoms with Crippen LogP contribution in [0.4, 0.5) is 6.01 Å². The SMILES string of the molecule is COc1ccc(-c2nnc(NC(=O)c3ccc(OC(C)C)cc3)o2)c(OC)c1. The molecule has 0 aliphatic heterocycles. The number of methoxy groups -OCH3 is 2. The minimum Gasteiger partial charge on any atom is -0.497 e. The Kier molecular flexibility index (Phi) is 5.78. The van der Waals surface area contributed by atoms with Gasteiger partial charge in [-0.3, -0.25) is 10.1 Å². The first-order valence-corrected chi connectivity index (χ1v) is 8.64. The van der Waals surface area contributed by atoms with Crippen LogP contribution >= 0.6 is 0 Å². The van der Waals surface area contributed by atoms with Gasteiger partial charge in [-0.25, -0.2) is 0 Å². The van der Waals surface area contributed by atoms with E-state index in [0.29, 0.717) is 28.4 Å². The van der Waals surface area contributed by atoms with Crippen molar-refractivity contribution in [3.63, 3.8) is 0 Å². The minimum atomic E-state index is -0.368. The second kappa shape index (κ2) is 8.43. The molecule has 0 radical (unpaired) electrons. The molecule has 8 nitrogen and oxygen atoms in total. The number of anilines is 1. The van der Waals surface area contributed by atoms with Crippen LogP contribution in [0.5, 0.6) is 17.2 Å². The first kappa shape index (κ1) is 19.2. The Bertz CT molecular complexity index is 951. The van der Waals surface area contributed by atoms with Crippen molar-refractivity contribution >= 4 is 11.9 Å². The van der Waals surface area contributed by atoms with Gasteiger partial charge >= 0.3 is 6.01 Å². The van der Waals surface area contributed by atoms with Crippen molar-refractivity contribution in [1.82, 2.24) is 10.2 Å². The van der Waals surface area contributed by atoms with Crippen LogP contribution in [-0.2, 0) is 0 Å². The monoisotopic (exact) mass is 383 g/mol. The lowest BCUT2D eigenvalue weighted by molar-refractivity contribution is 0.102. The molecule has 1 amide bonds. The number of benzene rings is 2. The van der Waals surface area contributed by atoms with Crippen LogP contribution in [-0.4, -0.2) is 36.4 Å². The smallest absolute Gasteiger partial charge is 0.322 e. The van der Waals surface area contributed by atoms with Gasteiger partial charge < -0.3 is 18.6 Å². The molecular formula is C20H21N3O5. The Morgan fingerprint density at radius 1 is 1.00 bits per heavy atom. The Balaban J connectivity index is 1.73. The molecule has 28 heavy (non-hydrogen) atoms. The summed E-state index contributed by atoms with van der Waals surface area (Å²) in [6.45, 7) is 3.87. The van der Waals surface area contributed by atoms with Gasteiger partial charge in [-0.1, -0.05) is 5.10 Å². The van der Waals surface area contributed by atoms with Crippen molar-refractivity contribution in [3.8, 4) is 28.7 Å². The maximum atomic E-state index is 12.4. The molecular weight excluding hydrogens is 362 g/mol. The van der Waals surface area contributed by atoms with Gasteiger partial charge in [0, 0.05) is 11.6 Å². The van der Waals surface area contributed by atoms with E-state index in [4.69, 9.17) is 18.6 Å². The summed E-state index contributed by atoms with van der Waals surface area (Å²) >= 11 is 0. The van der Waals surface area contributed by atoms with Crippen molar-refractivity contribution in [2.24, 2.45) is 0 Å². The molecule has 0 bridgehead atoms. The number of hydrogen-bond donors (Lipinski definition) is 1. The lowest BCUT2D eigenvalue weighted by Gasteiger charge is -2.09. The van der Waals surface area contributed by atoms with Gasteiger partial charge in [0.1, 0.15) is 17.2 Å². The summed E-state index contributed by atoms with van der Waals surface area (Å²) in [4.78, 5) is 12.4. The summed E-state index contributed by atoms with van der Waals surface area (Å²) in [5, 5.41) is 10.4. The van der Waals surface area contributed by atoms with E-state index in [0.717, 1.165) is 0 Å². The third-order valence-corrected chi connectivity index (χ3v) is 3.77. The van der Waals surface area contributed by atoms with Gasteiger partial charge in [-0.15, -0.1) is 5.10 Å². The number of aromatic nitrogens is 2. The number of hydrogen-bond acceptors (Lipinski definition) is 7. The average Bonchev–Trinajstić information content (AvgIpc) is 3.15. The number of amides is 1. The Labute approximate surface area is 162 Å². The fourth-order valence-electron chi connectivity index (χ4n) is 2.48. The topological polar surface area (TPSA) is 95.7 Å². The molecule has 0 atom stereocenters. The highest BCUT2D eigenvalue weighted by Gasteiger charge is 2.16. The molecule has 3 rings (SSSR count). The first-order valence-electron chi connectivity index (χ1n) is 8.64. The molecule has 2 aromatic carbocycles. The second-order valence-corrected chi connectivity index (χ2v) is 6.12. The average molecular weight is 383 g/mol. The van der Waals surface area contributed by atoms with Crippen LogP contribution in [0.2, 0.25) is 0 Å². The van der Waals surface area contributed by atoms with E-state index in [-0.39, 0.29) is 23.9 Å². The van der Waals surface area contributed by atoms with E-state index in [1.807, 2.05) is 13.8 Å². The third-order valence-electron chi connectivity index (χ3n) is 3.77. The highest BCUT2D eigenvalue weighted by molar-refractivity contribution is 6.03. The second-order valence-electron chi connectivity index (χ2n) is 6.12. The van der Waals surface area contributed by atoms with Crippen LogP contribution in [0.3, 0.4) is 0 Å². The van der Waals surface area contributed by atoms with E-state index in [2.05, 4.69) is 15.5 Å². The minimum absolute atomic E-state index is 0.0135. The van der Waals surface area contributed by atoms with Crippen LogP contribution in [0, 0.1) is 0 Å². The molecule has 0 unspecified atom stereocenters. The van der Waals surface area contributed by atoms with Crippen LogP contribution < -0.4 is 19.5 Å². The van der Waals surface area contributed by atoms with Gasteiger partial charge in [0.05, 0.1) is 25.9 Å². The molecule has 1 heterocycles. The molecule has 0 saturated carbocycles. The Morgan fingerprint density at radius 2 is 1.71 bits per heavy atom. The summed E-state index contributed by atoms with van der Waals surface area (Å²) in [6, 6.07) is 12.0. The van der Waals surface area contributed by atoms with Gasteiger partial charge in [0.25, 0.3) is 11.8 Å². The van der Waals surface area contributed by atoms with Crippen molar-refractivity contribution in [2.75, 3.05) is 19.5 Å². The number of carbonyl (C=O) groups excluding carboxylic acids is 1. The predicted octanol–water partition coefficient (Wildman–Crippen LogP) is 3.79. The predicted molar refractivity (Wildman–Crippen MR) is 103 cm³/mol. The highest BCUT2D eigenvalue weighted by Crippen LogP contribution is 2.33. The lowest BCUT2D eigenvalue weighted by Crippen LogP contribution is -2.12. The molecule has 0 spiro atoms. The molecule has 0 aliphatic carbocycles. The number of nitrogens with one attached hydrogen (secondary N) is 1. The standard InChI is InChI=1S/C20H21N3O5/c1-12(2)27-14-7-5-13(6-8-14)18(24)21-20-23-22-19(28-20)16-10-9-15(25-3)11-17(16)26-4/h5-12H,1-4H3,(H,21,23,24). The zero-order valence-corrected chi connectivity index (χ0v) is 16.1. The maximum absolute atomic E-state index is 12.4. The summed E-state index contributed by atoms with van der Waals surface area (Å²) < 4.78 is 21.6. The highest BCUT2D eigenvalue weighted by atomic mass is 16.5. The first-order chi connectivity index (χ1) is 13.5. The van der Waals surface area contributed by atoms with Crippen molar-refractivity contribution in [2.45, 2.75) is 20.0 Å². The van der Waals surface area contributed by atoms with Gasteiger partial charge in [0.15, 0.2) is 0 Å². The quantitative estimate of drug-likeness (QED) is 0.663. The molecule has 0 fully saturated rings. The van der Waals surface area contributed by atoms with E-state index in [1.54, 1.807) is 49.6 Å². The van der Waals surface area contributed by atoms with Crippen LogP contribution in [0.15, 0.2) is 46.9 Å². The molecule has 3 aromatic rings. The van der Waals surface area contributed by atoms with Gasteiger partial charge in [0.2, 0.25) is 0 Å². The number of nitrogens with zero attached hydrogens (tertiary/aromatic N) is 2. The summed E-state index contributed by atoms with van der Waals surface area (Å²) in [5.41, 5.74) is 1.03. The third kappa shape index (κ3) is 4.40. The van der Waals surface area contributed by atoms with Gasteiger partial charge in [-0.05, 0) is 50.2 Å². The van der Waals surface area contributed by atoms with E-state index in [1.165, 1.54) is 7.11 Å². The van der Waals surface area contributed by atoms with E-state index < -0.39 is 0 Å². The number of ether oxygens (including phenoxy) is 3. The summed E-state index contributed by atoms with van der Waals surface area (Å²) in [6.07, 6.45) is 0.0615. The molecule has 1 N–H and O–H groups in total. The number of carbonyl (C=O) groups is 1. The lowest BCUT2D eigenvalue weighted by atomic mass is 10.2. The van der Waals surface area contributed by atoms with Crippen molar-refractivity contribution < 1.29 is 23.4 Å². The number of rotatable bonds is 7. The maximum Gasteiger partial charge on any atom is 0.322 e. The molecule has 146 valence electrons.